The van der Waals surface area contributed by atoms with Crippen LogP contribution in [0.1, 0.15) is 119 Å². The second-order valence-corrected chi connectivity index (χ2v) is 18.3. The van der Waals surface area contributed by atoms with Gasteiger partial charge in [0.2, 0.25) is 0 Å². The van der Waals surface area contributed by atoms with E-state index in [2.05, 4.69) is 71.9 Å². The first kappa shape index (κ1) is 29.9. The minimum absolute atomic E-state index is 0.0512. The van der Waals surface area contributed by atoms with Gasteiger partial charge in [0.05, 0.1) is 27.8 Å². The lowest BCUT2D eigenvalue weighted by atomic mass is 9.80. The van der Waals surface area contributed by atoms with E-state index < -0.39 is 54.7 Å². The molecule has 2 aromatic heterocycles. The SMILES string of the molecule is [2H]c1c([2H])c(C(C)(C([2H])([2H])[2H])C([2H])([2H])[2H])c([2H])c([2H])c1-c1ccnc(-c2cc(-c3cccc4c3nc(-c3ccccc3O)n4-c3ccc(-c4ccccc4C(C)(C)C)c(C([2H])(C)C)c3)cc(C(C)(C)C)c2)c1. The van der Waals surface area contributed by atoms with E-state index in [9.17, 15) is 6.48 Å². The first-order chi connectivity index (χ1) is 33.4. The van der Waals surface area contributed by atoms with Crippen LogP contribution in [0.2, 0.25) is 0 Å². The number of phenolic OH excluding ortho intramolecular Hbond substituents is 1. The summed E-state index contributed by atoms with van der Waals surface area (Å²) in [6, 6.07) is 34.2. The molecule has 8 aromatic rings. The van der Waals surface area contributed by atoms with Crippen molar-refractivity contribution >= 4 is 11.0 Å². The summed E-state index contributed by atoms with van der Waals surface area (Å²) in [5.41, 5.74) is 6.57. The third-order valence-corrected chi connectivity index (χ3v) is 11.2. The summed E-state index contributed by atoms with van der Waals surface area (Å²) in [7, 11) is 0. The highest BCUT2D eigenvalue weighted by atomic mass is 16.3. The van der Waals surface area contributed by atoms with Crippen molar-refractivity contribution < 1.29 is 20.2 Å². The van der Waals surface area contributed by atoms with Crippen LogP contribution in [0.25, 0.3) is 72.7 Å². The van der Waals surface area contributed by atoms with E-state index in [-0.39, 0.29) is 27.7 Å². The van der Waals surface area contributed by atoms with Gasteiger partial charge in [-0.25, -0.2) is 4.98 Å². The summed E-state index contributed by atoms with van der Waals surface area (Å²) < 4.78 is 96.6. The molecule has 0 aliphatic heterocycles. The molecule has 0 atom stereocenters. The van der Waals surface area contributed by atoms with Gasteiger partial charge in [-0.1, -0.05) is 161 Å². The molecule has 0 aliphatic carbocycles. The normalized spacial score (nSPS) is 15.6. The van der Waals surface area contributed by atoms with Crippen LogP contribution in [0.4, 0.5) is 0 Å². The molecular weight excluding hydrogens is 743 g/mol. The van der Waals surface area contributed by atoms with Gasteiger partial charge in [0.25, 0.3) is 0 Å². The molecule has 308 valence electrons. The third-order valence-electron chi connectivity index (χ3n) is 11.2. The molecular formula is C57H59N3O. The van der Waals surface area contributed by atoms with Crippen molar-refractivity contribution in [3.05, 3.63) is 168 Å². The van der Waals surface area contributed by atoms with E-state index in [0.29, 0.717) is 28.2 Å². The molecule has 0 radical (unpaired) electrons. The van der Waals surface area contributed by atoms with Gasteiger partial charge in [-0.05, 0) is 127 Å². The second-order valence-electron chi connectivity index (χ2n) is 18.3. The monoisotopic (exact) mass is 813 g/mol. The van der Waals surface area contributed by atoms with Crippen LogP contribution >= 0.6 is 0 Å². The van der Waals surface area contributed by atoms with Crippen molar-refractivity contribution in [2.24, 2.45) is 0 Å². The molecule has 0 unspecified atom stereocenters. The Hall–Kier alpha value is -6.26. The maximum absolute atomic E-state index is 11.4. The first-order valence-electron chi connectivity index (χ1n) is 26.1. The number of hydrogen-bond acceptors (Lipinski definition) is 3. The van der Waals surface area contributed by atoms with E-state index in [1.54, 1.807) is 24.3 Å². The lowest BCUT2D eigenvalue weighted by Crippen LogP contribution is -2.13. The van der Waals surface area contributed by atoms with Crippen LogP contribution in [0, 0.1) is 0 Å². The maximum Gasteiger partial charge on any atom is 0.149 e. The Balaban J connectivity index is 1.34. The molecule has 8 rings (SSSR count). The zero-order valence-electron chi connectivity index (χ0n) is 47.3. The summed E-state index contributed by atoms with van der Waals surface area (Å²) in [4.78, 5) is 10.1. The molecule has 2 heterocycles. The molecule has 0 saturated carbocycles. The Morgan fingerprint density at radius 2 is 1.30 bits per heavy atom. The molecule has 0 fully saturated rings. The number of aromatic nitrogens is 3. The molecule has 0 amide bonds. The van der Waals surface area contributed by atoms with Gasteiger partial charge in [-0.15, -0.1) is 0 Å². The van der Waals surface area contributed by atoms with Gasteiger partial charge in [0, 0.05) is 32.6 Å². The molecule has 4 heteroatoms. The summed E-state index contributed by atoms with van der Waals surface area (Å²) >= 11 is 0. The number of imidazole rings is 1. The number of para-hydroxylation sites is 2. The zero-order valence-corrected chi connectivity index (χ0v) is 36.3. The standard InChI is InChI=1S/C57H59N3O/c1-36(2)48-35-43(27-28-45(48)46-17-12-14-20-49(46)57(9,10)11)60-51-21-16-19-44(53(51)59-54(60)47-18-13-15-22-52(47)61)39-31-40(33-42(32-39)56(6,7)8)50-34-38(29-30-58-50)37-23-25-41(26-24-37)55(3,4)5/h12-36,61H,1-11H3/i3D3,4D3,23D,24D,25D,26D,36D. The van der Waals surface area contributed by atoms with E-state index in [0.717, 1.165) is 51.5 Å². The second kappa shape index (κ2) is 15.6. The maximum atomic E-state index is 11.4. The number of phenols is 1. The van der Waals surface area contributed by atoms with Crippen LogP contribution in [-0.2, 0) is 16.2 Å². The summed E-state index contributed by atoms with van der Waals surface area (Å²) in [6.45, 7) is 11.2. The van der Waals surface area contributed by atoms with Gasteiger partial charge < -0.3 is 5.11 Å². The fourth-order valence-electron chi connectivity index (χ4n) is 7.94. The van der Waals surface area contributed by atoms with E-state index in [4.69, 9.17) is 23.7 Å². The number of rotatable bonds is 7. The Bertz CT molecular complexity index is 3380. The minimum atomic E-state index is -3.19. The van der Waals surface area contributed by atoms with Crippen LogP contribution in [0.5, 0.6) is 5.75 Å². The van der Waals surface area contributed by atoms with Crippen molar-refractivity contribution in [1.29, 1.82) is 0 Å². The molecule has 1 N–H and O–H groups in total. The summed E-state index contributed by atoms with van der Waals surface area (Å²) in [5.74, 6) is -0.461. The van der Waals surface area contributed by atoms with Crippen molar-refractivity contribution in [2.75, 3.05) is 0 Å². The van der Waals surface area contributed by atoms with Gasteiger partial charge in [0.15, 0.2) is 0 Å². The third kappa shape index (κ3) is 8.16. The zero-order chi connectivity index (χ0) is 52.8. The lowest BCUT2D eigenvalue weighted by Gasteiger charge is -2.25. The van der Waals surface area contributed by atoms with E-state index in [1.807, 2.05) is 79.1 Å². The van der Waals surface area contributed by atoms with Crippen LogP contribution < -0.4 is 0 Å². The molecule has 0 aliphatic rings. The van der Waals surface area contributed by atoms with Crippen LogP contribution in [0.15, 0.2) is 146 Å². The number of nitrogens with zero attached hydrogens (tertiary/aromatic N) is 3. The van der Waals surface area contributed by atoms with Crippen LogP contribution in [-0.4, -0.2) is 19.6 Å². The molecule has 0 spiro atoms. The Morgan fingerprint density at radius 1 is 0.607 bits per heavy atom. The quantitative estimate of drug-likeness (QED) is 0.174. The number of hydrogen-bond donors (Lipinski definition) is 1. The number of benzene rings is 6. The fourth-order valence-corrected chi connectivity index (χ4v) is 7.94. The highest BCUT2D eigenvalue weighted by Gasteiger charge is 2.25. The molecule has 4 nitrogen and oxygen atoms in total. The highest BCUT2D eigenvalue weighted by molar-refractivity contribution is 5.97. The van der Waals surface area contributed by atoms with Gasteiger partial charge in [-0.2, -0.15) is 0 Å². The lowest BCUT2D eigenvalue weighted by molar-refractivity contribution is 0.477. The van der Waals surface area contributed by atoms with Gasteiger partial charge in [-0.3, -0.25) is 9.55 Å². The predicted octanol–water partition coefficient (Wildman–Crippen LogP) is 15.5. The summed E-state index contributed by atoms with van der Waals surface area (Å²) in [6.07, 6.45) is 1.50. The topological polar surface area (TPSA) is 50.9 Å². The van der Waals surface area contributed by atoms with Crippen molar-refractivity contribution in [3.63, 3.8) is 0 Å². The smallest absolute Gasteiger partial charge is 0.149 e. The van der Waals surface area contributed by atoms with Crippen molar-refractivity contribution in [2.45, 2.75) is 98.2 Å². The van der Waals surface area contributed by atoms with Crippen molar-refractivity contribution in [1.82, 2.24) is 14.5 Å². The number of aromatic hydroxyl groups is 1. The Morgan fingerprint density at radius 3 is 1.98 bits per heavy atom. The molecule has 0 bridgehead atoms. The number of fused-ring (bicyclic) bond motifs is 1. The van der Waals surface area contributed by atoms with Crippen LogP contribution in [0.3, 0.4) is 0 Å². The molecule has 61 heavy (non-hydrogen) atoms. The Kier molecular flexibility index (Phi) is 7.66. The van der Waals surface area contributed by atoms with E-state index >= 15 is 0 Å². The van der Waals surface area contributed by atoms with Gasteiger partial charge in [0.1, 0.15) is 11.6 Å². The average Bonchev–Trinajstić information content (AvgIpc) is 3.69. The first-order valence-corrected chi connectivity index (χ1v) is 20.6. The minimum Gasteiger partial charge on any atom is -0.507 e. The average molecular weight is 813 g/mol. The summed E-state index contributed by atoms with van der Waals surface area (Å²) in [5, 5.41) is 11.4. The van der Waals surface area contributed by atoms with Gasteiger partial charge >= 0.3 is 0 Å². The largest absolute Gasteiger partial charge is 0.507 e. The molecule has 6 aromatic carbocycles. The highest BCUT2D eigenvalue weighted by Crippen LogP contribution is 2.42. The van der Waals surface area contributed by atoms with E-state index in [1.165, 1.54) is 11.8 Å². The number of pyridine rings is 1. The van der Waals surface area contributed by atoms with Crippen molar-refractivity contribution in [3.8, 4) is 67.5 Å². The molecule has 0 saturated heterocycles. The fraction of sp³-hybridized carbons (Fsp3) is 0.263. The Labute approximate surface area is 378 Å². The predicted molar refractivity (Wildman–Crippen MR) is 258 cm³/mol.